The highest BCUT2D eigenvalue weighted by atomic mass is 16.4. The molecule has 1 unspecified atom stereocenters. The van der Waals surface area contributed by atoms with Gasteiger partial charge < -0.3 is 9.73 Å². The van der Waals surface area contributed by atoms with Crippen LogP contribution in [0.1, 0.15) is 30.8 Å². The molecule has 0 aliphatic carbocycles. The lowest BCUT2D eigenvalue weighted by atomic mass is 10.0. The molecule has 0 saturated carbocycles. The lowest BCUT2D eigenvalue weighted by Gasteiger charge is -2.21. The Morgan fingerprint density at radius 1 is 1.32 bits per heavy atom. The SMILES string of the molecule is Cc1cccc(-c2nnc(CC3CCCCN3)o2)n1. The molecule has 2 aromatic heterocycles. The molecule has 5 heteroatoms. The normalized spacial score (nSPS) is 19.5. The third-order valence-electron chi connectivity index (χ3n) is 3.41. The van der Waals surface area contributed by atoms with Crippen molar-refractivity contribution >= 4 is 0 Å². The van der Waals surface area contributed by atoms with Crippen molar-refractivity contribution in [1.29, 1.82) is 0 Å². The van der Waals surface area contributed by atoms with Crippen LogP contribution in [0, 0.1) is 6.92 Å². The van der Waals surface area contributed by atoms with E-state index in [0.717, 1.165) is 24.4 Å². The zero-order valence-corrected chi connectivity index (χ0v) is 11.1. The second-order valence-corrected chi connectivity index (χ2v) is 5.02. The second-order valence-electron chi connectivity index (χ2n) is 5.02. The Kier molecular flexibility index (Phi) is 3.55. The van der Waals surface area contributed by atoms with Crippen LogP contribution in [0.2, 0.25) is 0 Å². The van der Waals surface area contributed by atoms with Gasteiger partial charge in [0, 0.05) is 18.2 Å². The maximum absolute atomic E-state index is 5.70. The van der Waals surface area contributed by atoms with E-state index in [1.807, 2.05) is 25.1 Å². The first-order valence-corrected chi connectivity index (χ1v) is 6.81. The average molecular weight is 258 g/mol. The topological polar surface area (TPSA) is 63.8 Å². The van der Waals surface area contributed by atoms with Crippen molar-refractivity contribution < 1.29 is 4.42 Å². The first-order valence-electron chi connectivity index (χ1n) is 6.81. The number of nitrogens with one attached hydrogen (secondary N) is 1. The monoisotopic (exact) mass is 258 g/mol. The summed E-state index contributed by atoms with van der Waals surface area (Å²) >= 11 is 0. The van der Waals surface area contributed by atoms with E-state index in [2.05, 4.69) is 20.5 Å². The lowest BCUT2D eigenvalue weighted by Crippen LogP contribution is -2.35. The predicted molar refractivity (Wildman–Crippen MR) is 71.6 cm³/mol. The summed E-state index contributed by atoms with van der Waals surface area (Å²) in [6.07, 6.45) is 4.52. The molecule has 3 rings (SSSR count). The summed E-state index contributed by atoms with van der Waals surface area (Å²) in [6.45, 7) is 3.04. The van der Waals surface area contributed by atoms with Crippen LogP contribution < -0.4 is 5.32 Å². The van der Waals surface area contributed by atoms with Crippen LogP contribution in [0.3, 0.4) is 0 Å². The van der Waals surface area contributed by atoms with Gasteiger partial charge >= 0.3 is 0 Å². The molecule has 1 fully saturated rings. The Bertz CT molecular complexity index is 546. The van der Waals surface area contributed by atoms with E-state index in [0.29, 0.717) is 17.8 Å². The molecule has 0 bridgehead atoms. The first kappa shape index (κ1) is 12.3. The van der Waals surface area contributed by atoms with Crippen LogP contribution in [0.15, 0.2) is 22.6 Å². The standard InChI is InChI=1S/C14H18N4O/c1-10-5-4-7-12(16-10)14-18-17-13(19-14)9-11-6-2-3-8-15-11/h4-5,7,11,15H,2-3,6,8-9H2,1H3. The summed E-state index contributed by atoms with van der Waals surface area (Å²) in [5.74, 6) is 1.20. The number of aromatic nitrogens is 3. The van der Waals surface area contributed by atoms with E-state index in [-0.39, 0.29) is 0 Å². The van der Waals surface area contributed by atoms with E-state index in [4.69, 9.17) is 4.42 Å². The third-order valence-corrected chi connectivity index (χ3v) is 3.41. The van der Waals surface area contributed by atoms with Gasteiger partial charge in [-0.05, 0) is 38.4 Å². The molecular formula is C14H18N4O. The quantitative estimate of drug-likeness (QED) is 0.913. The molecule has 3 heterocycles. The van der Waals surface area contributed by atoms with E-state index in [9.17, 15) is 0 Å². The van der Waals surface area contributed by atoms with Gasteiger partial charge in [0.1, 0.15) is 5.69 Å². The molecule has 0 amide bonds. The highest BCUT2D eigenvalue weighted by Gasteiger charge is 2.17. The lowest BCUT2D eigenvalue weighted by molar-refractivity contribution is 0.369. The second kappa shape index (κ2) is 5.48. The van der Waals surface area contributed by atoms with Crippen molar-refractivity contribution in [2.45, 2.75) is 38.6 Å². The minimum absolute atomic E-state index is 0.465. The van der Waals surface area contributed by atoms with Gasteiger partial charge in [-0.25, -0.2) is 4.98 Å². The first-order chi connectivity index (χ1) is 9.31. The van der Waals surface area contributed by atoms with Gasteiger partial charge in [-0.3, -0.25) is 0 Å². The van der Waals surface area contributed by atoms with E-state index in [1.54, 1.807) is 0 Å². The predicted octanol–water partition coefficient (Wildman–Crippen LogP) is 2.12. The molecule has 5 nitrogen and oxygen atoms in total. The molecule has 1 saturated heterocycles. The fourth-order valence-corrected chi connectivity index (χ4v) is 2.41. The van der Waals surface area contributed by atoms with Crippen molar-refractivity contribution in [2.75, 3.05) is 6.54 Å². The Hall–Kier alpha value is -1.75. The summed E-state index contributed by atoms with van der Waals surface area (Å²) in [7, 11) is 0. The fraction of sp³-hybridized carbons (Fsp3) is 0.500. The van der Waals surface area contributed by atoms with Gasteiger partial charge in [-0.15, -0.1) is 10.2 Å². The van der Waals surface area contributed by atoms with E-state index >= 15 is 0 Å². The zero-order valence-electron chi connectivity index (χ0n) is 11.1. The Labute approximate surface area is 112 Å². The number of hydrogen-bond acceptors (Lipinski definition) is 5. The molecule has 100 valence electrons. The smallest absolute Gasteiger partial charge is 0.266 e. The van der Waals surface area contributed by atoms with E-state index < -0.39 is 0 Å². The number of aryl methyl sites for hydroxylation is 1. The number of nitrogens with zero attached hydrogens (tertiary/aromatic N) is 3. The minimum atomic E-state index is 0.465. The van der Waals surface area contributed by atoms with Crippen LogP contribution >= 0.6 is 0 Å². The van der Waals surface area contributed by atoms with Gasteiger partial charge in [0.05, 0.1) is 0 Å². The third kappa shape index (κ3) is 2.98. The Balaban J connectivity index is 1.72. The van der Waals surface area contributed by atoms with Gasteiger partial charge in [0.2, 0.25) is 5.89 Å². The van der Waals surface area contributed by atoms with E-state index in [1.165, 1.54) is 19.3 Å². The Morgan fingerprint density at radius 3 is 3.05 bits per heavy atom. The number of hydrogen-bond donors (Lipinski definition) is 1. The average Bonchev–Trinajstić information content (AvgIpc) is 2.88. The van der Waals surface area contributed by atoms with Crippen LogP contribution in [-0.2, 0) is 6.42 Å². The van der Waals surface area contributed by atoms with Gasteiger partial charge in [-0.1, -0.05) is 12.5 Å². The minimum Gasteiger partial charge on any atom is -0.419 e. The molecule has 19 heavy (non-hydrogen) atoms. The summed E-state index contributed by atoms with van der Waals surface area (Å²) in [5.41, 5.74) is 1.70. The molecule has 2 aromatic rings. The molecule has 1 atom stereocenters. The van der Waals surface area contributed by atoms with Gasteiger partial charge in [0.25, 0.3) is 5.89 Å². The fourth-order valence-electron chi connectivity index (χ4n) is 2.41. The van der Waals surface area contributed by atoms with Gasteiger partial charge in [0.15, 0.2) is 0 Å². The summed E-state index contributed by atoms with van der Waals surface area (Å²) in [5, 5.41) is 11.7. The van der Waals surface area contributed by atoms with Crippen LogP contribution in [-0.4, -0.2) is 27.8 Å². The van der Waals surface area contributed by atoms with Crippen molar-refractivity contribution in [3.05, 3.63) is 29.8 Å². The van der Waals surface area contributed by atoms with Crippen molar-refractivity contribution in [1.82, 2.24) is 20.5 Å². The highest BCUT2D eigenvalue weighted by Crippen LogP contribution is 2.18. The maximum atomic E-state index is 5.70. The highest BCUT2D eigenvalue weighted by molar-refractivity contribution is 5.45. The number of pyridine rings is 1. The largest absolute Gasteiger partial charge is 0.419 e. The number of piperidine rings is 1. The molecule has 1 N–H and O–H groups in total. The Morgan fingerprint density at radius 2 is 2.26 bits per heavy atom. The zero-order chi connectivity index (χ0) is 13.1. The maximum Gasteiger partial charge on any atom is 0.266 e. The van der Waals surface area contributed by atoms with Crippen LogP contribution in [0.5, 0.6) is 0 Å². The molecule has 0 spiro atoms. The van der Waals surface area contributed by atoms with Crippen molar-refractivity contribution in [3.63, 3.8) is 0 Å². The molecule has 0 aromatic carbocycles. The summed E-state index contributed by atoms with van der Waals surface area (Å²) in [6, 6.07) is 6.26. The van der Waals surface area contributed by atoms with Crippen molar-refractivity contribution in [3.8, 4) is 11.6 Å². The molecule has 1 aliphatic rings. The summed E-state index contributed by atoms with van der Waals surface area (Å²) < 4.78 is 5.70. The molecule has 0 radical (unpaired) electrons. The molecule has 1 aliphatic heterocycles. The van der Waals surface area contributed by atoms with Crippen molar-refractivity contribution in [2.24, 2.45) is 0 Å². The van der Waals surface area contributed by atoms with Crippen LogP contribution in [0.4, 0.5) is 0 Å². The van der Waals surface area contributed by atoms with Gasteiger partial charge in [-0.2, -0.15) is 0 Å². The number of rotatable bonds is 3. The summed E-state index contributed by atoms with van der Waals surface area (Å²) in [4.78, 5) is 4.39. The molecular weight excluding hydrogens is 240 g/mol. The van der Waals surface area contributed by atoms with Crippen LogP contribution in [0.25, 0.3) is 11.6 Å².